The van der Waals surface area contributed by atoms with Crippen molar-refractivity contribution < 1.29 is 4.39 Å². The summed E-state index contributed by atoms with van der Waals surface area (Å²) in [5.74, 6) is 6.25. The molecule has 4 heteroatoms. The number of aromatic amines is 2. The SMILES string of the molecule is FC1C=c2cc(C#Cc3cccc4[nH]ccc34)[nH]c2=NC1. The van der Waals surface area contributed by atoms with E-state index in [9.17, 15) is 4.39 Å². The number of hydrogen-bond acceptors (Lipinski definition) is 1. The molecule has 0 amide bonds. The first kappa shape index (κ1) is 12.0. The average Bonchev–Trinajstić information content (AvgIpc) is 3.10. The van der Waals surface area contributed by atoms with Crippen molar-refractivity contribution in [2.45, 2.75) is 6.17 Å². The van der Waals surface area contributed by atoms with Gasteiger partial charge in [0.25, 0.3) is 0 Å². The van der Waals surface area contributed by atoms with Crippen molar-refractivity contribution >= 4 is 17.0 Å². The maximum absolute atomic E-state index is 13.3. The Balaban J connectivity index is 1.78. The maximum atomic E-state index is 13.3. The van der Waals surface area contributed by atoms with Gasteiger partial charge in [-0.1, -0.05) is 12.0 Å². The summed E-state index contributed by atoms with van der Waals surface area (Å²) in [4.78, 5) is 10.4. The third-order valence-electron chi connectivity index (χ3n) is 3.54. The summed E-state index contributed by atoms with van der Waals surface area (Å²) >= 11 is 0. The number of rotatable bonds is 0. The van der Waals surface area contributed by atoms with Crippen LogP contribution in [0.1, 0.15) is 11.3 Å². The second-order valence-corrected chi connectivity index (χ2v) is 5.00. The molecule has 0 bridgehead atoms. The third-order valence-corrected chi connectivity index (χ3v) is 3.54. The Bertz CT molecular complexity index is 998. The highest BCUT2D eigenvalue weighted by molar-refractivity contribution is 5.85. The highest BCUT2D eigenvalue weighted by Gasteiger charge is 2.07. The fraction of sp³-hybridized carbons (Fsp3) is 0.118. The fourth-order valence-electron chi connectivity index (χ4n) is 2.54. The van der Waals surface area contributed by atoms with Crippen LogP contribution in [0.15, 0.2) is 41.5 Å². The van der Waals surface area contributed by atoms with Gasteiger partial charge in [0.1, 0.15) is 11.7 Å². The number of H-pyrrole nitrogens is 2. The molecule has 3 nitrogen and oxygen atoms in total. The second-order valence-electron chi connectivity index (χ2n) is 5.00. The van der Waals surface area contributed by atoms with Crippen molar-refractivity contribution in [3.8, 4) is 11.8 Å². The van der Waals surface area contributed by atoms with E-state index in [1.807, 2.05) is 36.5 Å². The molecule has 1 unspecified atom stereocenters. The summed E-state index contributed by atoms with van der Waals surface area (Å²) in [6, 6.07) is 9.83. The number of alkyl halides is 1. The number of halogens is 1. The predicted molar refractivity (Wildman–Crippen MR) is 80.1 cm³/mol. The molecule has 0 radical (unpaired) electrons. The van der Waals surface area contributed by atoms with Gasteiger partial charge in [0.15, 0.2) is 0 Å². The topological polar surface area (TPSA) is 43.9 Å². The minimum atomic E-state index is -0.997. The van der Waals surface area contributed by atoms with Crippen LogP contribution in [0.2, 0.25) is 0 Å². The van der Waals surface area contributed by atoms with Crippen molar-refractivity contribution in [1.29, 1.82) is 0 Å². The van der Waals surface area contributed by atoms with Crippen LogP contribution in [-0.2, 0) is 0 Å². The highest BCUT2D eigenvalue weighted by atomic mass is 19.1. The molecule has 4 rings (SSSR count). The first-order valence-electron chi connectivity index (χ1n) is 6.77. The number of hydrogen-bond donors (Lipinski definition) is 2. The first-order valence-corrected chi connectivity index (χ1v) is 6.77. The van der Waals surface area contributed by atoms with Crippen molar-refractivity contribution in [3.05, 3.63) is 58.5 Å². The van der Waals surface area contributed by atoms with Gasteiger partial charge >= 0.3 is 0 Å². The van der Waals surface area contributed by atoms with Gasteiger partial charge in [0.05, 0.1) is 12.2 Å². The van der Waals surface area contributed by atoms with E-state index in [-0.39, 0.29) is 6.54 Å². The molecule has 21 heavy (non-hydrogen) atoms. The van der Waals surface area contributed by atoms with Gasteiger partial charge in [-0.15, -0.1) is 0 Å². The Labute approximate surface area is 120 Å². The van der Waals surface area contributed by atoms with Crippen molar-refractivity contribution in [3.63, 3.8) is 0 Å². The van der Waals surface area contributed by atoms with E-state index < -0.39 is 6.17 Å². The minimum Gasteiger partial charge on any atom is -0.361 e. The number of nitrogens with zero attached hydrogens (tertiary/aromatic N) is 1. The van der Waals surface area contributed by atoms with Gasteiger partial charge in [-0.25, -0.2) is 4.39 Å². The molecular formula is C17H12FN3. The molecule has 3 heterocycles. The zero-order chi connectivity index (χ0) is 14.2. The normalized spacial score (nSPS) is 16.5. The number of nitrogens with one attached hydrogen (secondary N) is 2. The van der Waals surface area contributed by atoms with Crippen LogP contribution in [0.5, 0.6) is 0 Å². The van der Waals surface area contributed by atoms with E-state index in [0.29, 0.717) is 5.49 Å². The van der Waals surface area contributed by atoms with Gasteiger partial charge in [0, 0.05) is 27.9 Å². The molecule has 2 N–H and O–H groups in total. The van der Waals surface area contributed by atoms with Crippen LogP contribution in [0.25, 0.3) is 17.0 Å². The minimum absolute atomic E-state index is 0.184. The second kappa shape index (κ2) is 4.64. The van der Waals surface area contributed by atoms with Crippen LogP contribution < -0.4 is 10.7 Å². The summed E-state index contributed by atoms with van der Waals surface area (Å²) < 4.78 is 13.3. The molecule has 3 aromatic rings. The molecule has 102 valence electrons. The van der Waals surface area contributed by atoms with Crippen LogP contribution >= 0.6 is 0 Å². The van der Waals surface area contributed by atoms with Crippen LogP contribution in [-0.4, -0.2) is 22.7 Å². The summed E-state index contributed by atoms with van der Waals surface area (Å²) in [6.07, 6.45) is 2.48. The van der Waals surface area contributed by atoms with E-state index in [4.69, 9.17) is 0 Å². The molecule has 0 spiro atoms. The van der Waals surface area contributed by atoms with Crippen LogP contribution in [0.4, 0.5) is 4.39 Å². The average molecular weight is 277 g/mol. The summed E-state index contributed by atoms with van der Waals surface area (Å²) in [7, 11) is 0. The Morgan fingerprint density at radius 1 is 1.24 bits per heavy atom. The Morgan fingerprint density at radius 3 is 3.14 bits per heavy atom. The Hall–Kier alpha value is -2.80. The lowest BCUT2D eigenvalue weighted by atomic mass is 10.1. The molecular weight excluding hydrogens is 265 g/mol. The lowest BCUT2D eigenvalue weighted by Crippen LogP contribution is -2.30. The molecule has 1 atom stereocenters. The van der Waals surface area contributed by atoms with Gasteiger partial charge in [-0.3, -0.25) is 4.99 Å². The lowest BCUT2D eigenvalue weighted by molar-refractivity contribution is 0.422. The van der Waals surface area contributed by atoms with E-state index >= 15 is 0 Å². The molecule has 0 saturated carbocycles. The fourth-order valence-corrected chi connectivity index (χ4v) is 2.54. The molecule has 0 aliphatic carbocycles. The van der Waals surface area contributed by atoms with Gasteiger partial charge in [-0.05, 0) is 36.3 Å². The van der Waals surface area contributed by atoms with Gasteiger partial charge in [0.2, 0.25) is 0 Å². The summed E-state index contributed by atoms with van der Waals surface area (Å²) in [5.41, 5.74) is 3.50. The molecule has 1 aliphatic rings. The maximum Gasteiger partial charge on any atom is 0.139 e. The summed E-state index contributed by atoms with van der Waals surface area (Å²) in [6.45, 7) is 0.184. The van der Waals surface area contributed by atoms with E-state index in [1.54, 1.807) is 6.08 Å². The summed E-state index contributed by atoms with van der Waals surface area (Å²) in [5, 5.41) is 1.89. The van der Waals surface area contributed by atoms with Gasteiger partial charge < -0.3 is 9.97 Å². The van der Waals surface area contributed by atoms with E-state index in [2.05, 4.69) is 26.8 Å². The van der Waals surface area contributed by atoms with Crippen molar-refractivity contribution in [1.82, 2.24) is 9.97 Å². The zero-order valence-corrected chi connectivity index (χ0v) is 11.2. The predicted octanol–water partition coefficient (Wildman–Crippen LogP) is 1.65. The van der Waals surface area contributed by atoms with Crippen molar-refractivity contribution in [2.24, 2.45) is 4.99 Å². The zero-order valence-electron chi connectivity index (χ0n) is 11.2. The largest absolute Gasteiger partial charge is 0.361 e. The Kier molecular flexibility index (Phi) is 2.65. The number of fused-ring (bicyclic) bond motifs is 2. The smallest absolute Gasteiger partial charge is 0.139 e. The molecule has 1 aromatic carbocycles. The van der Waals surface area contributed by atoms with E-state index in [1.165, 1.54) is 0 Å². The standard InChI is InChI=1S/C17H12FN3/c18-13-8-12-9-14(21-17(12)20-10-13)5-4-11-2-1-3-16-15(11)6-7-19-16/h1-3,6-9,13,19H,10H2,(H,20,21). The number of aromatic nitrogens is 2. The number of benzene rings is 1. The lowest BCUT2D eigenvalue weighted by Gasteiger charge is -1.99. The molecule has 0 fully saturated rings. The highest BCUT2D eigenvalue weighted by Crippen LogP contribution is 2.16. The third kappa shape index (κ3) is 2.13. The van der Waals surface area contributed by atoms with Crippen LogP contribution in [0, 0.1) is 11.8 Å². The van der Waals surface area contributed by atoms with E-state index in [0.717, 1.165) is 27.4 Å². The molecule has 2 aromatic heterocycles. The van der Waals surface area contributed by atoms with Crippen LogP contribution in [0.3, 0.4) is 0 Å². The monoisotopic (exact) mass is 277 g/mol. The molecule has 0 saturated heterocycles. The first-order chi connectivity index (χ1) is 10.3. The molecule has 1 aliphatic heterocycles. The Morgan fingerprint density at radius 2 is 2.19 bits per heavy atom. The van der Waals surface area contributed by atoms with Gasteiger partial charge in [-0.2, -0.15) is 0 Å². The quantitative estimate of drug-likeness (QED) is 0.587. The van der Waals surface area contributed by atoms with Crippen molar-refractivity contribution in [2.75, 3.05) is 6.54 Å².